The first-order valence-electron chi connectivity index (χ1n) is 8.33. The van der Waals surface area contributed by atoms with E-state index in [9.17, 15) is 4.79 Å². The molecule has 1 fully saturated rings. The van der Waals surface area contributed by atoms with Gasteiger partial charge in [0, 0.05) is 23.7 Å². The molecule has 8 heteroatoms. The van der Waals surface area contributed by atoms with Gasteiger partial charge in [0.1, 0.15) is 11.3 Å². The number of halogens is 1. The smallest absolute Gasteiger partial charge is 0.234 e. The molecule has 0 N–H and O–H groups in total. The van der Waals surface area contributed by atoms with Gasteiger partial charge in [0.15, 0.2) is 0 Å². The van der Waals surface area contributed by atoms with Crippen molar-refractivity contribution in [3.63, 3.8) is 0 Å². The molecule has 0 saturated carbocycles. The Labute approximate surface area is 154 Å². The molecule has 0 aliphatic carbocycles. The van der Waals surface area contributed by atoms with Crippen LogP contribution in [0.5, 0.6) is 0 Å². The summed E-state index contributed by atoms with van der Waals surface area (Å²) in [6.07, 6.45) is 4.08. The first-order chi connectivity index (χ1) is 12.1. The van der Waals surface area contributed by atoms with E-state index in [0.717, 1.165) is 47.0 Å². The van der Waals surface area contributed by atoms with E-state index >= 15 is 0 Å². The van der Waals surface area contributed by atoms with Crippen LogP contribution in [-0.2, 0) is 11.2 Å². The zero-order chi connectivity index (χ0) is 17.4. The number of aromatic nitrogens is 4. The average molecular weight is 376 g/mol. The standard InChI is InChI=1S/C17H18ClN5OS/c1-11-4-6-22(7-5-11)15(24)9-12-2-3-13(8-14(12)18)16-21-23-10-19-20-17(23)25-16/h2-3,8,10-11H,4-7,9H2,1H3. The molecule has 0 bridgehead atoms. The maximum absolute atomic E-state index is 12.5. The zero-order valence-corrected chi connectivity index (χ0v) is 15.4. The van der Waals surface area contributed by atoms with Crippen LogP contribution in [0.15, 0.2) is 24.5 Å². The highest BCUT2D eigenvalue weighted by atomic mass is 35.5. The van der Waals surface area contributed by atoms with Gasteiger partial charge in [-0.25, -0.2) is 0 Å². The van der Waals surface area contributed by atoms with E-state index in [0.29, 0.717) is 17.4 Å². The number of carbonyl (C=O) groups excluding carboxylic acids is 1. The average Bonchev–Trinajstić information content (AvgIpc) is 3.19. The van der Waals surface area contributed by atoms with E-state index in [1.807, 2.05) is 23.1 Å². The Morgan fingerprint density at radius 1 is 1.36 bits per heavy atom. The molecule has 25 heavy (non-hydrogen) atoms. The zero-order valence-electron chi connectivity index (χ0n) is 13.9. The first-order valence-corrected chi connectivity index (χ1v) is 9.53. The van der Waals surface area contributed by atoms with Crippen LogP contribution in [0.4, 0.5) is 0 Å². The van der Waals surface area contributed by atoms with E-state index in [1.54, 1.807) is 10.8 Å². The third kappa shape index (κ3) is 3.39. The van der Waals surface area contributed by atoms with E-state index in [4.69, 9.17) is 11.6 Å². The lowest BCUT2D eigenvalue weighted by molar-refractivity contribution is -0.131. The third-order valence-corrected chi connectivity index (χ3v) is 5.98. The SMILES string of the molecule is CC1CCN(C(=O)Cc2ccc(-c3nn4cnnc4s3)cc2Cl)CC1. The van der Waals surface area contributed by atoms with Gasteiger partial charge in [-0.2, -0.15) is 9.61 Å². The molecule has 1 amide bonds. The molecule has 1 aliphatic rings. The van der Waals surface area contributed by atoms with Crippen LogP contribution < -0.4 is 0 Å². The number of benzene rings is 1. The van der Waals surface area contributed by atoms with E-state index < -0.39 is 0 Å². The summed E-state index contributed by atoms with van der Waals surface area (Å²) >= 11 is 7.88. The number of piperidine rings is 1. The highest BCUT2D eigenvalue weighted by Crippen LogP contribution is 2.29. The largest absolute Gasteiger partial charge is 0.342 e. The summed E-state index contributed by atoms with van der Waals surface area (Å²) in [4.78, 5) is 15.2. The quantitative estimate of drug-likeness (QED) is 0.704. The molecule has 1 aromatic carbocycles. The van der Waals surface area contributed by atoms with Crippen molar-refractivity contribution in [1.29, 1.82) is 0 Å². The minimum atomic E-state index is 0.153. The van der Waals surface area contributed by atoms with Gasteiger partial charge in [-0.05, 0) is 30.4 Å². The summed E-state index contributed by atoms with van der Waals surface area (Å²) < 4.78 is 1.64. The molecule has 4 rings (SSSR count). The van der Waals surface area contributed by atoms with Crippen LogP contribution in [0.25, 0.3) is 15.5 Å². The predicted molar refractivity (Wildman–Crippen MR) is 97.8 cm³/mol. The topological polar surface area (TPSA) is 63.4 Å². The van der Waals surface area contributed by atoms with Gasteiger partial charge < -0.3 is 4.90 Å². The minimum absolute atomic E-state index is 0.153. The van der Waals surface area contributed by atoms with Gasteiger partial charge in [-0.3, -0.25) is 4.79 Å². The monoisotopic (exact) mass is 375 g/mol. The van der Waals surface area contributed by atoms with Gasteiger partial charge in [-0.15, -0.1) is 10.2 Å². The Hall–Kier alpha value is -1.99. The molecule has 0 spiro atoms. The second-order valence-corrected chi connectivity index (χ2v) is 7.87. The summed E-state index contributed by atoms with van der Waals surface area (Å²) in [7, 11) is 0. The maximum atomic E-state index is 12.5. The second-order valence-electron chi connectivity index (χ2n) is 6.51. The number of nitrogens with zero attached hydrogens (tertiary/aromatic N) is 5. The number of carbonyl (C=O) groups is 1. The molecule has 1 aliphatic heterocycles. The van der Waals surface area contributed by atoms with Gasteiger partial charge in [0.05, 0.1) is 6.42 Å². The number of amides is 1. The fourth-order valence-corrected chi connectivity index (χ4v) is 4.10. The molecule has 6 nitrogen and oxygen atoms in total. The van der Waals surface area contributed by atoms with Crippen LogP contribution in [0.1, 0.15) is 25.3 Å². The lowest BCUT2D eigenvalue weighted by Crippen LogP contribution is -2.38. The van der Waals surface area contributed by atoms with Crippen molar-refractivity contribution in [2.24, 2.45) is 5.92 Å². The normalized spacial score (nSPS) is 15.8. The summed E-state index contributed by atoms with van der Waals surface area (Å²) in [5.74, 6) is 0.863. The Morgan fingerprint density at radius 3 is 2.88 bits per heavy atom. The summed E-state index contributed by atoms with van der Waals surface area (Å²) in [6.45, 7) is 3.94. The van der Waals surface area contributed by atoms with Crippen LogP contribution >= 0.6 is 22.9 Å². The van der Waals surface area contributed by atoms with Gasteiger partial charge in [-0.1, -0.05) is 42.0 Å². The fraction of sp³-hybridized carbons (Fsp3) is 0.412. The highest BCUT2D eigenvalue weighted by Gasteiger charge is 2.21. The van der Waals surface area contributed by atoms with Crippen LogP contribution in [-0.4, -0.2) is 43.7 Å². The number of hydrogen-bond acceptors (Lipinski definition) is 5. The molecule has 130 valence electrons. The van der Waals surface area contributed by atoms with E-state index in [1.165, 1.54) is 11.3 Å². The van der Waals surface area contributed by atoms with Crippen molar-refractivity contribution < 1.29 is 4.79 Å². The van der Waals surface area contributed by atoms with Gasteiger partial charge >= 0.3 is 0 Å². The van der Waals surface area contributed by atoms with Gasteiger partial charge in [0.2, 0.25) is 10.9 Å². The van der Waals surface area contributed by atoms with Gasteiger partial charge in [0.25, 0.3) is 0 Å². The summed E-state index contributed by atoms with van der Waals surface area (Å²) in [6, 6.07) is 5.75. The van der Waals surface area contributed by atoms with Crippen molar-refractivity contribution >= 4 is 33.8 Å². The van der Waals surface area contributed by atoms with Crippen LogP contribution in [0, 0.1) is 5.92 Å². The Balaban J connectivity index is 1.49. The molecule has 1 saturated heterocycles. The highest BCUT2D eigenvalue weighted by molar-refractivity contribution is 7.19. The molecule has 3 aromatic rings. The number of hydrogen-bond donors (Lipinski definition) is 0. The van der Waals surface area contributed by atoms with Crippen molar-refractivity contribution in [1.82, 2.24) is 24.7 Å². The fourth-order valence-electron chi connectivity index (χ4n) is 3.03. The summed E-state index contributed by atoms with van der Waals surface area (Å²) in [5, 5.41) is 13.6. The maximum Gasteiger partial charge on any atom is 0.234 e. The predicted octanol–water partition coefficient (Wildman–Crippen LogP) is 3.31. The van der Waals surface area contributed by atoms with E-state index in [-0.39, 0.29) is 5.91 Å². The lowest BCUT2D eigenvalue weighted by Gasteiger charge is -2.30. The Bertz CT molecular complexity index is 884. The Morgan fingerprint density at radius 2 is 2.16 bits per heavy atom. The van der Waals surface area contributed by atoms with E-state index in [2.05, 4.69) is 22.2 Å². The number of likely N-dealkylation sites (tertiary alicyclic amines) is 1. The van der Waals surface area contributed by atoms with Crippen LogP contribution in [0.2, 0.25) is 5.02 Å². The van der Waals surface area contributed by atoms with Crippen molar-refractivity contribution in [3.8, 4) is 10.6 Å². The van der Waals surface area contributed by atoms with Crippen LogP contribution in [0.3, 0.4) is 0 Å². The Kier molecular flexibility index (Phi) is 4.43. The molecule has 2 aromatic heterocycles. The first kappa shape index (κ1) is 16.5. The molecular formula is C17H18ClN5OS. The summed E-state index contributed by atoms with van der Waals surface area (Å²) in [5.41, 5.74) is 1.78. The second kappa shape index (κ2) is 6.72. The lowest BCUT2D eigenvalue weighted by atomic mass is 9.98. The number of fused-ring (bicyclic) bond motifs is 1. The van der Waals surface area contributed by atoms with Crippen molar-refractivity contribution in [2.75, 3.05) is 13.1 Å². The molecule has 0 radical (unpaired) electrons. The molecule has 0 unspecified atom stereocenters. The molecular weight excluding hydrogens is 358 g/mol. The van der Waals surface area contributed by atoms with Crippen molar-refractivity contribution in [3.05, 3.63) is 35.1 Å². The molecule has 3 heterocycles. The third-order valence-electron chi connectivity index (χ3n) is 4.66. The van der Waals surface area contributed by atoms with Crippen molar-refractivity contribution in [2.45, 2.75) is 26.2 Å². The minimum Gasteiger partial charge on any atom is -0.342 e. The molecule has 0 atom stereocenters. The number of rotatable bonds is 3.